The number of thioether (sulfide) groups is 1. The van der Waals surface area contributed by atoms with E-state index in [0.29, 0.717) is 18.3 Å². The van der Waals surface area contributed by atoms with Crippen molar-refractivity contribution in [1.82, 2.24) is 25.2 Å². The average molecular weight is 381 g/mol. The van der Waals surface area contributed by atoms with Crippen LogP contribution in [0.15, 0.2) is 14.6 Å². The molecule has 2 fully saturated rings. The van der Waals surface area contributed by atoms with E-state index in [0.717, 1.165) is 33.3 Å². The first-order valence-electron chi connectivity index (χ1n) is 8.70. The number of fused-ring (bicyclic) bond motifs is 2. The van der Waals surface area contributed by atoms with Gasteiger partial charge in [0.15, 0.2) is 5.03 Å². The smallest absolute Gasteiger partial charge is 0.273 e. The lowest BCUT2D eigenvalue weighted by Crippen LogP contribution is -2.43. The van der Waals surface area contributed by atoms with Gasteiger partial charge in [0.05, 0.1) is 5.75 Å². The molecule has 0 spiro atoms. The van der Waals surface area contributed by atoms with Crippen molar-refractivity contribution in [1.29, 1.82) is 0 Å². The molecule has 1 aromatic rings. The molecule has 26 heavy (non-hydrogen) atoms. The highest BCUT2D eigenvalue weighted by Crippen LogP contribution is 2.49. The van der Waals surface area contributed by atoms with Crippen molar-refractivity contribution in [2.75, 3.05) is 5.75 Å². The Bertz CT molecular complexity index is 833. The van der Waals surface area contributed by atoms with Gasteiger partial charge in [-0.1, -0.05) is 18.2 Å². The molecule has 2 aliphatic carbocycles. The summed E-state index contributed by atoms with van der Waals surface area (Å²) in [6.45, 7) is 0. The molecule has 0 radical (unpaired) electrons. The molecule has 0 unspecified atom stereocenters. The summed E-state index contributed by atoms with van der Waals surface area (Å²) >= 11 is 0.919. The van der Waals surface area contributed by atoms with Gasteiger partial charge in [0, 0.05) is 20.5 Å². The number of amides is 2. The van der Waals surface area contributed by atoms with Crippen molar-refractivity contribution >= 4 is 23.6 Å². The predicted molar refractivity (Wildman–Crippen MR) is 95.3 cm³/mol. The summed E-state index contributed by atoms with van der Waals surface area (Å²) in [7, 11) is 2.79. The van der Waals surface area contributed by atoms with E-state index in [1.54, 1.807) is 0 Å². The first kappa shape index (κ1) is 18.7. The van der Waals surface area contributed by atoms with Gasteiger partial charge in [-0.05, 0) is 37.0 Å². The van der Waals surface area contributed by atoms with Crippen LogP contribution in [0.2, 0.25) is 0 Å². The molecule has 3 atom stereocenters. The van der Waals surface area contributed by atoms with Gasteiger partial charge in [0.2, 0.25) is 11.8 Å². The van der Waals surface area contributed by atoms with Gasteiger partial charge in [-0.2, -0.15) is 5.10 Å². The minimum atomic E-state index is -0.550. The second-order valence-corrected chi connectivity index (χ2v) is 8.06. The topological polar surface area (TPSA) is 115 Å². The molecule has 1 aromatic heterocycles. The molecule has 2 aliphatic rings. The molecular formula is C16H23N5O4S. The summed E-state index contributed by atoms with van der Waals surface area (Å²) in [5.41, 5.74) is 3.73. The van der Waals surface area contributed by atoms with Gasteiger partial charge in [-0.3, -0.25) is 29.8 Å². The van der Waals surface area contributed by atoms with E-state index in [9.17, 15) is 19.2 Å². The first-order valence-corrected chi connectivity index (χ1v) is 9.68. The fraction of sp³-hybridized carbons (Fsp3) is 0.688. The number of hydrogen-bond acceptors (Lipinski definition) is 6. The summed E-state index contributed by atoms with van der Waals surface area (Å²) in [6, 6.07) is 0. The molecule has 2 saturated carbocycles. The largest absolute Gasteiger partial charge is 0.346 e. The summed E-state index contributed by atoms with van der Waals surface area (Å²) in [4.78, 5) is 47.4. The minimum Gasteiger partial charge on any atom is -0.273 e. The molecule has 0 aromatic carbocycles. The number of nitrogens with one attached hydrogen (secondary N) is 2. The second kappa shape index (κ2) is 7.65. The normalized spacial score (nSPS) is 23.8. The molecule has 2 bridgehead atoms. The number of aryl methyl sites for hydroxylation is 1. The Morgan fingerprint density at radius 2 is 1.88 bits per heavy atom. The van der Waals surface area contributed by atoms with Gasteiger partial charge in [0.1, 0.15) is 0 Å². The molecule has 2 amide bonds. The van der Waals surface area contributed by atoms with E-state index in [2.05, 4.69) is 16.0 Å². The zero-order chi connectivity index (χ0) is 18.8. The van der Waals surface area contributed by atoms with Crippen LogP contribution in [0.4, 0.5) is 0 Å². The van der Waals surface area contributed by atoms with Crippen LogP contribution in [0, 0.1) is 17.8 Å². The number of aromatic nitrogens is 3. The van der Waals surface area contributed by atoms with Crippen molar-refractivity contribution in [2.45, 2.75) is 37.1 Å². The minimum absolute atomic E-state index is 0.0538. The number of nitrogens with zero attached hydrogens (tertiary/aromatic N) is 3. The molecule has 3 rings (SSSR count). The highest BCUT2D eigenvalue weighted by Gasteiger charge is 2.40. The van der Waals surface area contributed by atoms with E-state index in [1.165, 1.54) is 33.4 Å². The van der Waals surface area contributed by atoms with Gasteiger partial charge in [-0.25, -0.2) is 9.48 Å². The molecule has 1 heterocycles. The molecule has 9 nitrogen and oxygen atoms in total. The van der Waals surface area contributed by atoms with Crippen LogP contribution in [0.1, 0.15) is 32.1 Å². The Labute approximate surface area is 154 Å². The third kappa shape index (κ3) is 4.00. The van der Waals surface area contributed by atoms with Crippen LogP contribution in [-0.2, 0) is 23.7 Å². The van der Waals surface area contributed by atoms with Crippen molar-refractivity contribution in [3.8, 4) is 0 Å². The SMILES string of the molecule is Cn1nc(SCC(=O)NNC(=O)C[C@@H]2C[C@@H]3CC[C@@H]2C3)c(=O)n(C)c1=O. The monoisotopic (exact) mass is 381 g/mol. The van der Waals surface area contributed by atoms with Crippen LogP contribution in [0.25, 0.3) is 0 Å². The van der Waals surface area contributed by atoms with Crippen molar-refractivity contribution in [3.63, 3.8) is 0 Å². The molecule has 142 valence electrons. The van der Waals surface area contributed by atoms with Crippen molar-refractivity contribution in [3.05, 3.63) is 20.8 Å². The summed E-state index contributed by atoms with van der Waals surface area (Å²) in [5.74, 6) is 1.16. The maximum atomic E-state index is 12.0. The number of hydrogen-bond donors (Lipinski definition) is 2. The zero-order valence-electron chi connectivity index (χ0n) is 14.9. The Morgan fingerprint density at radius 3 is 2.54 bits per heavy atom. The first-order chi connectivity index (χ1) is 12.3. The van der Waals surface area contributed by atoms with E-state index in [-0.39, 0.29) is 16.7 Å². The Morgan fingerprint density at radius 1 is 1.15 bits per heavy atom. The fourth-order valence-electron chi connectivity index (χ4n) is 3.98. The number of carbonyl (C=O) groups excluding carboxylic acids is 2. The van der Waals surface area contributed by atoms with Gasteiger partial charge >= 0.3 is 5.69 Å². The van der Waals surface area contributed by atoms with E-state index in [4.69, 9.17) is 0 Å². The van der Waals surface area contributed by atoms with Gasteiger partial charge in [0.25, 0.3) is 5.56 Å². The zero-order valence-corrected chi connectivity index (χ0v) is 15.7. The summed E-state index contributed by atoms with van der Waals surface area (Å²) in [5, 5.41) is 3.91. The van der Waals surface area contributed by atoms with E-state index < -0.39 is 17.2 Å². The van der Waals surface area contributed by atoms with E-state index >= 15 is 0 Å². The summed E-state index contributed by atoms with van der Waals surface area (Å²) < 4.78 is 1.98. The predicted octanol–water partition coefficient (Wildman–Crippen LogP) is -0.455. The molecule has 10 heteroatoms. The van der Waals surface area contributed by atoms with Crippen LogP contribution in [0.5, 0.6) is 0 Å². The molecular weight excluding hydrogens is 358 g/mol. The highest BCUT2D eigenvalue weighted by atomic mass is 32.2. The number of carbonyl (C=O) groups is 2. The van der Waals surface area contributed by atoms with Crippen LogP contribution >= 0.6 is 11.8 Å². The average Bonchev–Trinajstić information content (AvgIpc) is 3.23. The lowest BCUT2D eigenvalue weighted by molar-refractivity contribution is -0.128. The third-order valence-corrected chi connectivity index (χ3v) is 6.24. The Hall–Kier alpha value is -2.10. The van der Waals surface area contributed by atoms with Gasteiger partial charge < -0.3 is 0 Å². The van der Waals surface area contributed by atoms with E-state index in [1.807, 2.05) is 0 Å². The fourth-order valence-corrected chi connectivity index (χ4v) is 4.77. The van der Waals surface area contributed by atoms with Crippen LogP contribution in [0.3, 0.4) is 0 Å². The second-order valence-electron chi connectivity index (χ2n) is 7.10. The quantitative estimate of drug-likeness (QED) is 0.527. The van der Waals surface area contributed by atoms with Crippen LogP contribution in [-0.4, -0.2) is 31.9 Å². The molecule has 2 N–H and O–H groups in total. The third-order valence-electron chi connectivity index (χ3n) is 5.31. The Kier molecular flexibility index (Phi) is 5.49. The highest BCUT2D eigenvalue weighted by molar-refractivity contribution is 7.99. The Balaban J connectivity index is 1.44. The lowest BCUT2D eigenvalue weighted by Gasteiger charge is -2.20. The standard InChI is InChI=1S/C16H23N5O4S/c1-20-15(24)14(19-21(2)16(20)25)26-8-13(23)18-17-12(22)7-11-6-9-3-4-10(11)5-9/h9-11H,3-8H2,1-2H3,(H,17,22)(H,18,23)/t9-,10-,11+/m1/s1. The maximum absolute atomic E-state index is 12.0. The molecule has 0 saturated heterocycles. The van der Waals surface area contributed by atoms with Crippen LogP contribution < -0.4 is 22.1 Å². The molecule has 0 aliphatic heterocycles. The lowest BCUT2D eigenvalue weighted by atomic mass is 9.86. The van der Waals surface area contributed by atoms with Crippen molar-refractivity contribution < 1.29 is 9.59 Å². The van der Waals surface area contributed by atoms with Crippen molar-refractivity contribution in [2.24, 2.45) is 31.8 Å². The maximum Gasteiger partial charge on any atom is 0.346 e. The number of hydrazine groups is 1. The summed E-state index contributed by atoms with van der Waals surface area (Å²) in [6.07, 6.45) is 5.30. The van der Waals surface area contributed by atoms with Gasteiger partial charge in [-0.15, -0.1) is 0 Å². The number of rotatable bonds is 5.